The number of pyridine rings is 1. The van der Waals surface area contributed by atoms with Gasteiger partial charge < -0.3 is 9.73 Å². The van der Waals surface area contributed by atoms with Gasteiger partial charge in [-0.15, -0.1) is 0 Å². The molecule has 2 aromatic heterocycles. The van der Waals surface area contributed by atoms with Gasteiger partial charge in [-0.3, -0.25) is 4.98 Å². The summed E-state index contributed by atoms with van der Waals surface area (Å²) in [7, 11) is 0. The molecule has 0 bridgehead atoms. The van der Waals surface area contributed by atoms with Gasteiger partial charge in [0.15, 0.2) is 0 Å². The third kappa shape index (κ3) is 2.91. The zero-order valence-electron chi connectivity index (χ0n) is 9.74. The van der Waals surface area contributed by atoms with Crippen molar-refractivity contribution < 1.29 is 8.81 Å². The van der Waals surface area contributed by atoms with E-state index in [0.717, 1.165) is 29.9 Å². The molecule has 1 N–H and O–H groups in total. The smallest absolute Gasteiger partial charge is 0.142 e. The van der Waals surface area contributed by atoms with Crippen LogP contribution in [0.3, 0.4) is 0 Å². The summed E-state index contributed by atoms with van der Waals surface area (Å²) in [5.74, 6) is 0.474. The Labute approximate surface area is 99.7 Å². The van der Waals surface area contributed by atoms with Crippen molar-refractivity contribution in [2.45, 2.75) is 19.9 Å². The lowest BCUT2D eigenvalue weighted by molar-refractivity contribution is 0.484. The van der Waals surface area contributed by atoms with E-state index in [4.69, 9.17) is 4.42 Å². The number of nitrogens with one attached hydrogen (secondary N) is 1. The van der Waals surface area contributed by atoms with Gasteiger partial charge in [-0.05, 0) is 25.1 Å². The molecule has 0 aromatic carbocycles. The van der Waals surface area contributed by atoms with E-state index < -0.39 is 0 Å². The molecule has 90 valence electrons. The number of nitrogens with zero attached hydrogens (tertiary/aromatic N) is 1. The summed E-state index contributed by atoms with van der Waals surface area (Å²) in [6.45, 7) is 3.68. The molecule has 0 atom stereocenters. The lowest BCUT2D eigenvalue weighted by Gasteiger charge is -2.04. The second-order valence-corrected chi connectivity index (χ2v) is 3.83. The molecule has 0 aliphatic carbocycles. The lowest BCUT2D eigenvalue weighted by Crippen LogP contribution is -2.13. The van der Waals surface area contributed by atoms with Crippen LogP contribution in [0.4, 0.5) is 4.39 Å². The van der Waals surface area contributed by atoms with E-state index in [0.29, 0.717) is 6.54 Å². The standard InChI is InChI=1S/C13H15FN2O/c1-2-4-15-9-13-12(3-5-17-13)10-6-11(14)8-16-7-10/h3,5-8,15H,2,4,9H2,1H3. The Hall–Kier alpha value is -1.68. The Morgan fingerprint density at radius 3 is 3.06 bits per heavy atom. The molecular weight excluding hydrogens is 219 g/mol. The predicted octanol–water partition coefficient (Wildman–Crippen LogP) is 2.98. The van der Waals surface area contributed by atoms with Crippen molar-refractivity contribution in [1.29, 1.82) is 0 Å². The first-order chi connectivity index (χ1) is 8.31. The maximum atomic E-state index is 13.1. The Bertz CT molecular complexity index is 482. The minimum Gasteiger partial charge on any atom is -0.467 e. The highest BCUT2D eigenvalue weighted by Gasteiger charge is 2.09. The van der Waals surface area contributed by atoms with Crippen molar-refractivity contribution in [3.8, 4) is 11.1 Å². The fraction of sp³-hybridized carbons (Fsp3) is 0.308. The molecule has 0 unspecified atom stereocenters. The highest BCUT2D eigenvalue weighted by Crippen LogP contribution is 2.24. The molecule has 3 nitrogen and oxygen atoms in total. The van der Waals surface area contributed by atoms with Crippen LogP contribution < -0.4 is 5.32 Å². The third-order valence-corrected chi connectivity index (χ3v) is 2.47. The SMILES string of the molecule is CCCNCc1occc1-c1cncc(F)c1. The molecule has 2 heterocycles. The van der Waals surface area contributed by atoms with Crippen LogP contribution in [0.2, 0.25) is 0 Å². The van der Waals surface area contributed by atoms with Crippen molar-refractivity contribution in [2.75, 3.05) is 6.54 Å². The lowest BCUT2D eigenvalue weighted by atomic mass is 10.1. The van der Waals surface area contributed by atoms with E-state index >= 15 is 0 Å². The maximum absolute atomic E-state index is 13.1. The van der Waals surface area contributed by atoms with Crippen LogP contribution in [0.5, 0.6) is 0 Å². The number of halogens is 1. The molecule has 17 heavy (non-hydrogen) atoms. The van der Waals surface area contributed by atoms with Crippen molar-refractivity contribution in [3.05, 3.63) is 42.4 Å². The van der Waals surface area contributed by atoms with Gasteiger partial charge in [-0.1, -0.05) is 6.92 Å². The van der Waals surface area contributed by atoms with Gasteiger partial charge in [0, 0.05) is 17.3 Å². The van der Waals surface area contributed by atoms with Crippen LogP contribution in [0, 0.1) is 5.82 Å². The molecule has 0 aliphatic heterocycles. The summed E-state index contributed by atoms with van der Waals surface area (Å²) in [5.41, 5.74) is 1.63. The summed E-state index contributed by atoms with van der Waals surface area (Å²) in [6.07, 6.45) is 5.51. The van der Waals surface area contributed by atoms with Crippen LogP contribution in [-0.2, 0) is 6.54 Å². The zero-order valence-corrected chi connectivity index (χ0v) is 9.74. The molecule has 0 saturated carbocycles. The average molecular weight is 234 g/mol. The number of hydrogen-bond acceptors (Lipinski definition) is 3. The molecule has 0 radical (unpaired) electrons. The van der Waals surface area contributed by atoms with E-state index in [-0.39, 0.29) is 5.82 Å². The first kappa shape index (κ1) is 11.8. The third-order valence-electron chi connectivity index (χ3n) is 2.47. The highest BCUT2D eigenvalue weighted by atomic mass is 19.1. The molecule has 4 heteroatoms. The minimum atomic E-state index is -0.337. The van der Waals surface area contributed by atoms with Crippen LogP contribution >= 0.6 is 0 Å². The summed E-state index contributed by atoms with van der Waals surface area (Å²) >= 11 is 0. The first-order valence-corrected chi connectivity index (χ1v) is 5.69. The van der Waals surface area contributed by atoms with E-state index in [1.54, 1.807) is 12.5 Å². The van der Waals surface area contributed by atoms with Gasteiger partial charge in [0.2, 0.25) is 0 Å². The highest BCUT2D eigenvalue weighted by molar-refractivity contribution is 5.64. The van der Waals surface area contributed by atoms with Crippen LogP contribution in [0.15, 0.2) is 35.2 Å². The molecule has 2 aromatic rings. The molecule has 0 aliphatic rings. The summed E-state index contributed by atoms with van der Waals surface area (Å²) < 4.78 is 18.5. The minimum absolute atomic E-state index is 0.337. The topological polar surface area (TPSA) is 38.1 Å². The maximum Gasteiger partial charge on any atom is 0.142 e. The number of aromatic nitrogens is 1. The fourth-order valence-corrected chi connectivity index (χ4v) is 1.67. The van der Waals surface area contributed by atoms with Gasteiger partial charge in [0.1, 0.15) is 11.6 Å². The van der Waals surface area contributed by atoms with Gasteiger partial charge in [0.05, 0.1) is 19.0 Å². The normalized spacial score (nSPS) is 10.7. The second kappa shape index (κ2) is 5.59. The summed E-state index contributed by atoms with van der Waals surface area (Å²) in [6, 6.07) is 3.29. The van der Waals surface area contributed by atoms with E-state index in [2.05, 4.69) is 17.2 Å². The van der Waals surface area contributed by atoms with Crippen molar-refractivity contribution >= 4 is 0 Å². The molecule has 0 fully saturated rings. The number of furan rings is 1. The molecule has 2 rings (SSSR count). The summed E-state index contributed by atoms with van der Waals surface area (Å²) in [5, 5.41) is 3.25. The number of hydrogen-bond donors (Lipinski definition) is 1. The van der Waals surface area contributed by atoms with Crippen molar-refractivity contribution in [3.63, 3.8) is 0 Å². The monoisotopic (exact) mass is 234 g/mol. The number of rotatable bonds is 5. The van der Waals surface area contributed by atoms with Crippen LogP contribution in [0.25, 0.3) is 11.1 Å². The second-order valence-electron chi connectivity index (χ2n) is 3.83. The Morgan fingerprint density at radius 1 is 1.41 bits per heavy atom. The quantitative estimate of drug-likeness (QED) is 0.808. The summed E-state index contributed by atoms with van der Waals surface area (Å²) in [4.78, 5) is 3.84. The van der Waals surface area contributed by atoms with Crippen molar-refractivity contribution in [2.24, 2.45) is 0 Å². The fourth-order valence-electron chi connectivity index (χ4n) is 1.67. The van der Waals surface area contributed by atoms with Gasteiger partial charge in [-0.25, -0.2) is 4.39 Å². The Kier molecular flexibility index (Phi) is 3.88. The average Bonchev–Trinajstić information content (AvgIpc) is 2.78. The first-order valence-electron chi connectivity index (χ1n) is 5.69. The Morgan fingerprint density at radius 2 is 2.29 bits per heavy atom. The zero-order chi connectivity index (χ0) is 12.1. The molecule has 0 amide bonds. The largest absolute Gasteiger partial charge is 0.467 e. The predicted molar refractivity (Wildman–Crippen MR) is 63.9 cm³/mol. The van der Waals surface area contributed by atoms with E-state index in [1.165, 1.54) is 12.3 Å². The van der Waals surface area contributed by atoms with E-state index in [9.17, 15) is 4.39 Å². The molecular formula is C13H15FN2O. The molecule has 0 saturated heterocycles. The van der Waals surface area contributed by atoms with Gasteiger partial charge >= 0.3 is 0 Å². The van der Waals surface area contributed by atoms with Crippen LogP contribution in [0.1, 0.15) is 19.1 Å². The van der Waals surface area contributed by atoms with Gasteiger partial charge in [-0.2, -0.15) is 0 Å². The van der Waals surface area contributed by atoms with E-state index in [1.807, 2.05) is 6.07 Å². The Balaban J connectivity index is 2.18. The van der Waals surface area contributed by atoms with Gasteiger partial charge in [0.25, 0.3) is 0 Å². The molecule has 0 spiro atoms. The van der Waals surface area contributed by atoms with Crippen molar-refractivity contribution in [1.82, 2.24) is 10.3 Å². The van der Waals surface area contributed by atoms with Crippen LogP contribution in [-0.4, -0.2) is 11.5 Å².